The van der Waals surface area contributed by atoms with E-state index in [1.54, 1.807) is 12.1 Å². The van der Waals surface area contributed by atoms with Crippen LogP contribution in [0.3, 0.4) is 0 Å². The predicted octanol–water partition coefficient (Wildman–Crippen LogP) is 2.78. The Hall–Kier alpha value is -1.51. The second-order valence-corrected chi connectivity index (χ2v) is 6.86. The van der Waals surface area contributed by atoms with E-state index in [9.17, 15) is 4.79 Å². The monoisotopic (exact) mass is 430 g/mol. The average Bonchev–Trinajstić information content (AvgIpc) is 3.11. The van der Waals surface area contributed by atoms with Crippen molar-refractivity contribution < 1.29 is 9.15 Å². The summed E-state index contributed by atoms with van der Waals surface area (Å²) < 4.78 is 12.2. The maximum atomic E-state index is 12.3. The number of nitrogen functional groups attached to an aromatic ring is 1. The third-order valence-corrected chi connectivity index (χ3v) is 5.24. The van der Waals surface area contributed by atoms with Gasteiger partial charge in [-0.25, -0.2) is 4.79 Å². The van der Waals surface area contributed by atoms with Crippen molar-refractivity contribution in [1.82, 2.24) is 15.1 Å². The van der Waals surface area contributed by atoms with Gasteiger partial charge < -0.3 is 20.2 Å². The number of ether oxygens (including phenoxy) is 1. The summed E-state index contributed by atoms with van der Waals surface area (Å²) in [6.07, 6.45) is 4.09. The number of rotatable bonds is 3. The number of nitrogens with one attached hydrogen (secondary N) is 1. The fourth-order valence-corrected chi connectivity index (χ4v) is 3.92. The molecule has 9 heteroatoms. The Bertz CT molecular complexity index is 825. The third kappa shape index (κ3) is 3.30. The highest BCUT2D eigenvalue weighted by atomic mass is 79.9. The van der Waals surface area contributed by atoms with Gasteiger partial charge in [-0.15, -0.1) is 22.1 Å². The lowest BCUT2D eigenvalue weighted by atomic mass is 10.0. The molecule has 2 aromatic rings. The number of piperidine rings is 1. The highest BCUT2D eigenvalue weighted by Crippen LogP contribution is 2.36. The molecule has 25 heavy (non-hydrogen) atoms. The Morgan fingerprint density at radius 1 is 1.36 bits per heavy atom. The van der Waals surface area contributed by atoms with Gasteiger partial charge in [0, 0.05) is 18.2 Å². The first-order valence-electron chi connectivity index (χ1n) is 8.04. The summed E-state index contributed by atoms with van der Waals surface area (Å²) >= 11 is 6.09. The first-order chi connectivity index (χ1) is 11.5. The maximum Gasteiger partial charge on any atom is 0.437 e. The molecule has 2 aliphatic heterocycles. The number of hydrogen-bond donors (Lipinski definition) is 2. The number of nitrogens with zero attached hydrogens (tertiary/aromatic N) is 2. The molecule has 0 radical (unpaired) electrons. The van der Waals surface area contributed by atoms with E-state index in [2.05, 4.69) is 10.4 Å². The van der Waals surface area contributed by atoms with Gasteiger partial charge in [0.05, 0.1) is 29.4 Å². The minimum absolute atomic E-state index is 0. The van der Waals surface area contributed by atoms with Crippen LogP contribution >= 0.6 is 28.6 Å². The van der Waals surface area contributed by atoms with Gasteiger partial charge in [0.2, 0.25) is 0 Å². The van der Waals surface area contributed by atoms with Gasteiger partial charge in [-0.2, -0.15) is 4.68 Å². The molecular weight excluding hydrogens is 412 g/mol. The Morgan fingerprint density at radius 3 is 2.68 bits per heavy atom. The van der Waals surface area contributed by atoms with Gasteiger partial charge >= 0.3 is 5.76 Å². The van der Waals surface area contributed by atoms with Crippen molar-refractivity contribution in [1.29, 1.82) is 0 Å². The molecule has 2 bridgehead atoms. The van der Waals surface area contributed by atoms with Crippen LogP contribution in [0, 0.1) is 0 Å². The van der Waals surface area contributed by atoms with E-state index in [1.807, 2.05) is 0 Å². The van der Waals surface area contributed by atoms with E-state index in [0.717, 1.165) is 25.7 Å². The maximum absolute atomic E-state index is 12.3. The summed E-state index contributed by atoms with van der Waals surface area (Å²) in [4.78, 5) is 12.3. The lowest BCUT2D eigenvalue weighted by Crippen LogP contribution is -2.41. The fourth-order valence-electron chi connectivity index (χ4n) is 3.76. The average molecular weight is 432 g/mol. The Kier molecular flexibility index (Phi) is 5.13. The zero-order valence-corrected chi connectivity index (χ0v) is 16.2. The van der Waals surface area contributed by atoms with Gasteiger partial charge in [-0.3, -0.25) is 0 Å². The molecule has 2 atom stereocenters. The summed E-state index contributed by atoms with van der Waals surface area (Å²) in [6, 6.07) is 4.19. The summed E-state index contributed by atoms with van der Waals surface area (Å²) in [5, 5.41) is 8.33. The minimum Gasteiger partial charge on any atom is -0.496 e. The Balaban J connectivity index is 0.00000182. The number of anilines is 1. The van der Waals surface area contributed by atoms with Crippen LogP contribution < -0.4 is 21.5 Å². The summed E-state index contributed by atoms with van der Waals surface area (Å²) in [5.74, 6) is 0.214. The van der Waals surface area contributed by atoms with Crippen LogP contribution in [-0.4, -0.2) is 29.0 Å². The van der Waals surface area contributed by atoms with Crippen LogP contribution in [0.4, 0.5) is 5.69 Å². The largest absolute Gasteiger partial charge is 0.496 e. The fraction of sp³-hybridized carbons (Fsp3) is 0.500. The lowest BCUT2D eigenvalue weighted by molar-refractivity contribution is 0.269. The molecule has 0 spiro atoms. The standard InChI is InChI=1S/C16H19ClN4O3.BrH/c1-23-14-7-13(18)12(17)6-11(14)15-20-21(16(22)24-15)10-4-8-2-3-9(5-10)19-8;/h6-10,19H,2-5,18H2,1H3;1H. The second kappa shape index (κ2) is 7.01. The molecule has 3 N–H and O–H groups in total. The van der Waals surface area contributed by atoms with Crippen LogP contribution in [0.1, 0.15) is 31.7 Å². The van der Waals surface area contributed by atoms with Crippen molar-refractivity contribution in [3.8, 4) is 17.2 Å². The van der Waals surface area contributed by atoms with Gasteiger partial charge in [-0.05, 0) is 31.7 Å². The predicted molar refractivity (Wildman–Crippen MR) is 101 cm³/mol. The Morgan fingerprint density at radius 2 is 2.04 bits per heavy atom. The topological polar surface area (TPSA) is 95.3 Å². The first-order valence-corrected chi connectivity index (χ1v) is 8.42. The van der Waals surface area contributed by atoms with Crippen molar-refractivity contribution in [2.75, 3.05) is 12.8 Å². The highest BCUT2D eigenvalue weighted by molar-refractivity contribution is 8.93. The van der Waals surface area contributed by atoms with Crippen molar-refractivity contribution in [2.45, 2.75) is 43.8 Å². The van der Waals surface area contributed by atoms with Crippen molar-refractivity contribution in [3.05, 3.63) is 27.7 Å². The molecule has 0 aliphatic carbocycles. The van der Waals surface area contributed by atoms with Gasteiger partial charge in [0.1, 0.15) is 5.75 Å². The molecule has 3 heterocycles. The molecule has 136 valence electrons. The molecule has 1 aromatic heterocycles. The molecule has 2 saturated heterocycles. The number of benzene rings is 1. The van der Waals surface area contributed by atoms with E-state index < -0.39 is 5.76 Å². The van der Waals surface area contributed by atoms with E-state index in [0.29, 0.717) is 34.1 Å². The zero-order valence-electron chi connectivity index (χ0n) is 13.7. The van der Waals surface area contributed by atoms with Crippen LogP contribution in [0.15, 0.2) is 21.3 Å². The summed E-state index contributed by atoms with van der Waals surface area (Å²) in [7, 11) is 1.52. The SMILES string of the molecule is Br.COc1cc(N)c(Cl)cc1-c1nn(C2CC3CCC(C2)N3)c(=O)o1. The third-order valence-electron chi connectivity index (χ3n) is 4.91. The molecular formula is C16H20BrClN4O3. The lowest BCUT2D eigenvalue weighted by Gasteiger charge is -2.28. The number of hydrogen-bond acceptors (Lipinski definition) is 6. The van der Waals surface area contributed by atoms with Crippen molar-refractivity contribution >= 4 is 34.3 Å². The molecule has 0 amide bonds. The molecule has 2 aliphatic rings. The van der Waals surface area contributed by atoms with E-state index >= 15 is 0 Å². The molecule has 4 rings (SSSR count). The summed E-state index contributed by atoms with van der Waals surface area (Å²) in [5.41, 5.74) is 6.71. The van der Waals surface area contributed by atoms with Crippen LogP contribution in [0.25, 0.3) is 11.5 Å². The molecule has 0 saturated carbocycles. The molecule has 7 nitrogen and oxygen atoms in total. The van der Waals surface area contributed by atoms with Crippen LogP contribution in [0.2, 0.25) is 5.02 Å². The smallest absolute Gasteiger partial charge is 0.437 e. The van der Waals surface area contributed by atoms with Crippen molar-refractivity contribution in [2.24, 2.45) is 0 Å². The van der Waals surface area contributed by atoms with E-state index in [1.165, 1.54) is 11.8 Å². The first kappa shape index (κ1) is 18.3. The molecule has 1 aromatic carbocycles. The molecule has 2 fully saturated rings. The normalized spacial score (nSPS) is 24.8. The van der Waals surface area contributed by atoms with Crippen LogP contribution in [0.5, 0.6) is 5.75 Å². The zero-order chi connectivity index (χ0) is 16.8. The van der Waals surface area contributed by atoms with Gasteiger partial charge in [0.25, 0.3) is 5.89 Å². The number of nitrogens with two attached hydrogens (primary N) is 1. The number of halogens is 2. The van der Waals surface area contributed by atoms with Crippen LogP contribution in [-0.2, 0) is 0 Å². The summed E-state index contributed by atoms with van der Waals surface area (Å²) in [6.45, 7) is 0. The number of aromatic nitrogens is 2. The van der Waals surface area contributed by atoms with Gasteiger partial charge in [-0.1, -0.05) is 11.6 Å². The Labute approximate surface area is 160 Å². The van der Waals surface area contributed by atoms with E-state index in [-0.39, 0.29) is 28.9 Å². The number of fused-ring (bicyclic) bond motifs is 2. The van der Waals surface area contributed by atoms with E-state index in [4.69, 9.17) is 26.5 Å². The number of methoxy groups -OCH3 is 1. The minimum atomic E-state index is -0.452. The second-order valence-electron chi connectivity index (χ2n) is 6.45. The quantitative estimate of drug-likeness (QED) is 0.726. The highest BCUT2D eigenvalue weighted by Gasteiger charge is 2.36. The van der Waals surface area contributed by atoms with Crippen molar-refractivity contribution in [3.63, 3.8) is 0 Å². The van der Waals surface area contributed by atoms with Gasteiger partial charge in [0.15, 0.2) is 0 Å². The molecule has 2 unspecified atom stereocenters.